The molecule has 0 saturated carbocycles. The van der Waals surface area contributed by atoms with Gasteiger partial charge in [-0.2, -0.15) is 0 Å². The summed E-state index contributed by atoms with van der Waals surface area (Å²) in [6, 6.07) is 7.05. The topological polar surface area (TPSA) is 71.1 Å². The number of nitrogens with zero attached hydrogens (tertiary/aromatic N) is 1. The van der Waals surface area contributed by atoms with Crippen LogP contribution in [0.3, 0.4) is 0 Å². The van der Waals surface area contributed by atoms with Crippen molar-refractivity contribution in [3.05, 3.63) is 36.0 Å². The van der Waals surface area contributed by atoms with Crippen molar-refractivity contribution in [2.45, 2.75) is 31.2 Å². The molecule has 0 spiro atoms. The smallest absolute Gasteiger partial charge is 0.241 e. The first kappa shape index (κ1) is 18.1. The van der Waals surface area contributed by atoms with Crippen LogP contribution in [0.25, 0.3) is 10.9 Å². The van der Waals surface area contributed by atoms with Crippen LogP contribution < -0.4 is 10.0 Å². The van der Waals surface area contributed by atoms with E-state index < -0.39 is 10.0 Å². The van der Waals surface area contributed by atoms with E-state index in [0.29, 0.717) is 10.3 Å². The van der Waals surface area contributed by atoms with Crippen LogP contribution in [0.2, 0.25) is 0 Å². The summed E-state index contributed by atoms with van der Waals surface area (Å²) in [6.07, 6.45) is 2.50. The Balaban J connectivity index is 0.00000192. The van der Waals surface area contributed by atoms with Crippen molar-refractivity contribution in [2.75, 3.05) is 13.1 Å². The number of fused-ring (bicyclic) bond motifs is 1. The molecule has 3 rings (SSSR count). The molecule has 0 radical (unpaired) electrons. The maximum atomic E-state index is 12.8. The van der Waals surface area contributed by atoms with E-state index in [1.807, 2.05) is 19.1 Å². The summed E-state index contributed by atoms with van der Waals surface area (Å²) in [5.74, 6) is 0.276. The Labute approximate surface area is 143 Å². The number of sulfonamides is 1. The second-order valence-electron chi connectivity index (χ2n) is 5.98. The van der Waals surface area contributed by atoms with E-state index in [-0.39, 0.29) is 24.4 Å². The molecule has 126 valence electrons. The van der Waals surface area contributed by atoms with E-state index >= 15 is 0 Å². The van der Waals surface area contributed by atoms with Crippen LogP contribution in [0.4, 0.5) is 0 Å². The summed E-state index contributed by atoms with van der Waals surface area (Å²) >= 11 is 0. The van der Waals surface area contributed by atoms with E-state index in [4.69, 9.17) is 0 Å². The first-order valence-electron chi connectivity index (χ1n) is 7.56. The monoisotopic (exact) mass is 355 g/mol. The van der Waals surface area contributed by atoms with Gasteiger partial charge in [0.1, 0.15) is 0 Å². The maximum absolute atomic E-state index is 12.8. The second kappa shape index (κ2) is 7.13. The van der Waals surface area contributed by atoms with Crippen molar-refractivity contribution in [1.29, 1.82) is 0 Å². The van der Waals surface area contributed by atoms with Crippen LogP contribution in [-0.4, -0.2) is 32.5 Å². The molecule has 0 aliphatic carbocycles. The number of halogens is 1. The molecule has 1 aliphatic heterocycles. The number of rotatable bonds is 3. The quantitative estimate of drug-likeness (QED) is 0.885. The van der Waals surface area contributed by atoms with Crippen molar-refractivity contribution in [3.8, 4) is 0 Å². The van der Waals surface area contributed by atoms with E-state index in [1.165, 1.54) is 0 Å². The van der Waals surface area contributed by atoms with Gasteiger partial charge < -0.3 is 5.32 Å². The van der Waals surface area contributed by atoms with Gasteiger partial charge in [-0.05, 0) is 56.1 Å². The second-order valence-corrected chi connectivity index (χ2v) is 7.66. The third-order valence-corrected chi connectivity index (χ3v) is 5.86. The van der Waals surface area contributed by atoms with Gasteiger partial charge in [-0.3, -0.25) is 4.98 Å². The van der Waals surface area contributed by atoms with Crippen molar-refractivity contribution in [1.82, 2.24) is 15.0 Å². The number of nitrogens with one attached hydrogen (secondary N) is 2. The Morgan fingerprint density at radius 3 is 2.83 bits per heavy atom. The van der Waals surface area contributed by atoms with E-state index in [1.54, 1.807) is 18.3 Å². The van der Waals surface area contributed by atoms with E-state index in [0.717, 1.165) is 30.6 Å². The van der Waals surface area contributed by atoms with Gasteiger partial charge in [0.2, 0.25) is 10.0 Å². The summed E-state index contributed by atoms with van der Waals surface area (Å²) in [5.41, 5.74) is 1.72. The molecule has 1 fully saturated rings. The van der Waals surface area contributed by atoms with Gasteiger partial charge in [0.05, 0.1) is 10.4 Å². The highest BCUT2D eigenvalue weighted by Gasteiger charge is 2.27. The molecule has 1 aromatic heterocycles. The van der Waals surface area contributed by atoms with Gasteiger partial charge in [0.15, 0.2) is 0 Å². The predicted octanol–water partition coefficient (Wildman–Crippen LogP) is 2.24. The Morgan fingerprint density at radius 2 is 2.09 bits per heavy atom. The Kier molecular flexibility index (Phi) is 5.62. The average molecular weight is 356 g/mol. The highest BCUT2D eigenvalue weighted by molar-refractivity contribution is 7.89. The SMILES string of the molecule is Cc1ccc(S(=O)(=O)NC2CCNCC2C)c2cccnc12.Cl. The largest absolute Gasteiger partial charge is 0.316 e. The summed E-state index contributed by atoms with van der Waals surface area (Å²) < 4.78 is 28.5. The van der Waals surface area contributed by atoms with Crippen molar-refractivity contribution >= 4 is 33.3 Å². The highest BCUT2D eigenvalue weighted by atomic mass is 35.5. The molecule has 5 nitrogen and oxygen atoms in total. The number of hydrogen-bond acceptors (Lipinski definition) is 4. The molecule has 2 N–H and O–H groups in total. The molecular weight excluding hydrogens is 334 g/mol. The minimum Gasteiger partial charge on any atom is -0.316 e. The molecule has 2 heterocycles. The minimum atomic E-state index is -3.55. The number of aromatic nitrogens is 1. The fraction of sp³-hybridized carbons (Fsp3) is 0.438. The van der Waals surface area contributed by atoms with E-state index in [9.17, 15) is 8.42 Å². The maximum Gasteiger partial charge on any atom is 0.241 e. The molecule has 7 heteroatoms. The fourth-order valence-electron chi connectivity index (χ4n) is 2.97. The standard InChI is InChI=1S/C16H21N3O2S.ClH/c1-11-5-6-15(13-4-3-8-18-16(11)13)22(20,21)19-14-7-9-17-10-12(14)2;/h3-6,8,12,14,17,19H,7,9-10H2,1-2H3;1H. The van der Waals surface area contributed by atoms with Crippen LogP contribution in [-0.2, 0) is 10.0 Å². The normalized spacial score (nSPS) is 21.8. The molecule has 23 heavy (non-hydrogen) atoms. The molecule has 2 aromatic rings. The van der Waals surface area contributed by atoms with E-state index in [2.05, 4.69) is 21.9 Å². The van der Waals surface area contributed by atoms with Gasteiger partial charge in [0, 0.05) is 17.6 Å². The number of hydrogen-bond donors (Lipinski definition) is 2. The molecule has 2 atom stereocenters. The summed E-state index contributed by atoms with van der Waals surface area (Å²) in [6.45, 7) is 5.68. The lowest BCUT2D eigenvalue weighted by Gasteiger charge is -2.30. The molecule has 0 bridgehead atoms. The van der Waals surface area contributed by atoms with Crippen molar-refractivity contribution in [3.63, 3.8) is 0 Å². The lowest BCUT2D eigenvalue weighted by molar-refractivity contribution is 0.328. The first-order valence-corrected chi connectivity index (χ1v) is 9.05. The highest BCUT2D eigenvalue weighted by Crippen LogP contribution is 2.25. The third-order valence-electron chi connectivity index (χ3n) is 4.31. The van der Waals surface area contributed by atoms with Crippen LogP contribution >= 0.6 is 12.4 Å². The molecule has 2 unspecified atom stereocenters. The minimum absolute atomic E-state index is 0. The van der Waals surface area contributed by atoms with Gasteiger partial charge in [-0.15, -0.1) is 12.4 Å². The van der Waals surface area contributed by atoms with Crippen molar-refractivity contribution in [2.24, 2.45) is 5.92 Å². The Bertz CT molecular complexity index is 795. The zero-order valence-corrected chi connectivity index (χ0v) is 14.9. The number of piperidine rings is 1. The molecule has 1 aromatic carbocycles. The fourth-order valence-corrected chi connectivity index (χ4v) is 4.55. The zero-order chi connectivity index (χ0) is 15.7. The van der Waals surface area contributed by atoms with Gasteiger partial charge in [-0.25, -0.2) is 13.1 Å². The average Bonchev–Trinajstić information content (AvgIpc) is 2.50. The Morgan fingerprint density at radius 1 is 1.30 bits per heavy atom. The zero-order valence-electron chi connectivity index (χ0n) is 13.2. The van der Waals surface area contributed by atoms with Gasteiger partial charge >= 0.3 is 0 Å². The lowest BCUT2D eigenvalue weighted by Crippen LogP contribution is -2.48. The van der Waals surface area contributed by atoms with Gasteiger partial charge in [-0.1, -0.05) is 13.0 Å². The van der Waals surface area contributed by atoms with Gasteiger partial charge in [0.25, 0.3) is 0 Å². The number of aryl methyl sites for hydroxylation is 1. The molecule has 1 aliphatic rings. The molecule has 0 amide bonds. The first-order chi connectivity index (χ1) is 10.5. The summed E-state index contributed by atoms with van der Waals surface area (Å²) in [4.78, 5) is 4.63. The predicted molar refractivity (Wildman–Crippen MR) is 94.5 cm³/mol. The lowest BCUT2D eigenvalue weighted by atomic mass is 9.97. The summed E-state index contributed by atoms with van der Waals surface area (Å²) in [5, 5.41) is 3.96. The van der Waals surface area contributed by atoms with Crippen LogP contribution in [0.15, 0.2) is 35.4 Å². The van der Waals surface area contributed by atoms with Crippen LogP contribution in [0.5, 0.6) is 0 Å². The van der Waals surface area contributed by atoms with Crippen LogP contribution in [0, 0.1) is 12.8 Å². The molecule has 1 saturated heterocycles. The Hall–Kier alpha value is -1.21. The van der Waals surface area contributed by atoms with Crippen LogP contribution in [0.1, 0.15) is 18.9 Å². The third kappa shape index (κ3) is 3.66. The summed E-state index contributed by atoms with van der Waals surface area (Å²) in [7, 11) is -3.55. The number of pyridine rings is 1. The molecular formula is C16H22ClN3O2S. The number of benzene rings is 1. The van der Waals surface area contributed by atoms with Crippen molar-refractivity contribution < 1.29 is 8.42 Å².